The molecule has 0 radical (unpaired) electrons. The lowest BCUT2D eigenvalue weighted by Crippen LogP contribution is -2.13. The molecule has 0 atom stereocenters. The average Bonchev–Trinajstić information content (AvgIpc) is 2.55. The van der Waals surface area contributed by atoms with E-state index in [2.05, 4.69) is 23.2 Å². The summed E-state index contributed by atoms with van der Waals surface area (Å²) in [5.74, 6) is -2.72. The van der Waals surface area contributed by atoms with Crippen LogP contribution in [0, 0.1) is 5.82 Å². The average molecular weight is 327 g/mol. The molecule has 0 aliphatic heterocycles. The number of hydrogen-bond acceptors (Lipinski definition) is 6. The van der Waals surface area contributed by atoms with Gasteiger partial charge in [0.1, 0.15) is 5.83 Å². The van der Waals surface area contributed by atoms with Gasteiger partial charge in [0.2, 0.25) is 0 Å². The smallest absolute Gasteiger partial charge is 0.340 e. The second-order valence-corrected chi connectivity index (χ2v) is 3.95. The van der Waals surface area contributed by atoms with Gasteiger partial charge in [-0.05, 0) is 12.1 Å². The summed E-state index contributed by atoms with van der Waals surface area (Å²) in [4.78, 5) is 11.7. The number of anilines is 3. The van der Waals surface area contributed by atoms with Gasteiger partial charge in [0.25, 0.3) is 0 Å². The highest BCUT2D eigenvalue weighted by molar-refractivity contribution is 5.99. The molecule has 126 valence electrons. The largest absolute Gasteiger partial charge is 0.465 e. The normalized spacial score (nSPS) is 10.2. The molecular weight excluding hydrogens is 308 g/mol. The highest BCUT2D eigenvalue weighted by atomic mass is 19.1. The van der Waals surface area contributed by atoms with Gasteiger partial charge in [0.15, 0.2) is 5.82 Å². The number of aliphatic hydroxyl groups excluding tert-OH is 1. The molecule has 0 bridgehead atoms. The molecule has 0 spiro atoms. The van der Waals surface area contributed by atoms with Crippen molar-refractivity contribution in [2.24, 2.45) is 0 Å². The topological polar surface area (TPSA) is 111 Å². The SMILES string of the molecule is C=C/C=C(/Nc1c(C(=O)OC)cc(N)c(N)c1F)C(=C)F.CO. The van der Waals surface area contributed by atoms with Crippen molar-refractivity contribution in [3.8, 4) is 0 Å². The Kier molecular flexibility index (Phi) is 8.06. The third-order valence-electron chi connectivity index (χ3n) is 2.58. The molecule has 8 heteroatoms. The van der Waals surface area contributed by atoms with Crippen LogP contribution in [0.25, 0.3) is 0 Å². The van der Waals surface area contributed by atoms with E-state index in [9.17, 15) is 13.6 Å². The maximum absolute atomic E-state index is 14.2. The van der Waals surface area contributed by atoms with Gasteiger partial charge in [-0.3, -0.25) is 0 Å². The maximum atomic E-state index is 14.2. The number of nitrogens with one attached hydrogen (secondary N) is 1. The predicted molar refractivity (Wildman–Crippen MR) is 86.9 cm³/mol. The summed E-state index contributed by atoms with van der Waals surface area (Å²) in [5.41, 5.74) is 9.71. The van der Waals surface area contributed by atoms with Crippen LogP contribution in [0.3, 0.4) is 0 Å². The fourth-order valence-electron chi connectivity index (χ4n) is 1.53. The fourth-order valence-corrected chi connectivity index (χ4v) is 1.53. The van der Waals surface area contributed by atoms with Gasteiger partial charge in [-0.15, -0.1) is 0 Å². The van der Waals surface area contributed by atoms with Crippen molar-refractivity contribution in [3.05, 3.63) is 54.3 Å². The molecule has 1 rings (SSSR count). The van der Waals surface area contributed by atoms with Crippen molar-refractivity contribution in [1.29, 1.82) is 0 Å². The van der Waals surface area contributed by atoms with E-state index >= 15 is 0 Å². The quantitative estimate of drug-likeness (QED) is 0.375. The minimum absolute atomic E-state index is 0.133. The Balaban J connectivity index is 0.00000232. The lowest BCUT2D eigenvalue weighted by atomic mass is 10.1. The highest BCUT2D eigenvalue weighted by Gasteiger charge is 2.21. The van der Waals surface area contributed by atoms with E-state index in [1.165, 1.54) is 12.2 Å². The van der Waals surface area contributed by atoms with Gasteiger partial charge in [-0.1, -0.05) is 19.2 Å². The van der Waals surface area contributed by atoms with Gasteiger partial charge >= 0.3 is 5.97 Å². The molecule has 0 heterocycles. The number of methoxy groups -OCH3 is 1. The van der Waals surface area contributed by atoms with E-state index in [4.69, 9.17) is 16.6 Å². The number of rotatable bonds is 5. The number of ether oxygens (including phenoxy) is 1. The monoisotopic (exact) mass is 327 g/mol. The number of allylic oxidation sites excluding steroid dienone is 3. The highest BCUT2D eigenvalue weighted by Crippen LogP contribution is 2.32. The summed E-state index contributed by atoms with van der Waals surface area (Å²) in [6, 6.07) is 1.14. The van der Waals surface area contributed by atoms with E-state index in [0.29, 0.717) is 0 Å². The molecule has 0 fully saturated rings. The van der Waals surface area contributed by atoms with Crippen LogP contribution in [0.4, 0.5) is 25.8 Å². The molecule has 0 unspecified atom stereocenters. The minimum Gasteiger partial charge on any atom is -0.465 e. The van der Waals surface area contributed by atoms with Crippen molar-refractivity contribution in [2.75, 3.05) is 31.0 Å². The molecule has 6 N–H and O–H groups in total. The molecule has 0 aromatic heterocycles. The third-order valence-corrected chi connectivity index (χ3v) is 2.58. The van der Waals surface area contributed by atoms with Crippen LogP contribution in [-0.2, 0) is 4.74 Å². The molecule has 0 saturated carbocycles. The van der Waals surface area contributed by atoms with Crippen molar-refractivity contribution in [3.63, 3.8) is 0 Å². The first kappa shape index (κ1) is 20.1. The van der Waals surface area contributed by atoms with Gasteiger partial charge in [-0.25, -0.2) is 13.6 Å². The second kappa shape index (κ2) is 9.21. The Hall–Kier alpha value is -2.87. The third kappa shape index (κ3) is 4.82. The first-order valence-corrected chi connectivity index (χ1v) is 6.18. The second-order valence-electron chi connectivity index (χ2n) is 3.95. The molecule has 0 aliphatic rings. The van der Waals surface area contributed by atoms with Crippen molar-refractivity contribution in [1.82, 2.24) is 0 Å². The summed E-state index contributed by atoms with van der Waals surface area (Å²) < 4.78 is 32.0. The molecular formula is C15H19F2N3O3. The Morgan fingerprint density at radius 3 is 2.43 bits per heavy atom. The summed E-state index contributed by atoms with van der Waals surface area (Å²) >= 11 is 0. The Morgan fingerprint density at radius 1 is 1.43 bits per heavy atom. The van der Waals surface area contributed by atoms with Crippen LogP contribution in [0.15, 0.2) is 42.9 Å². The van der Waals surface area contributed by atoms with Crippen molar-refractivity contribution >= 4 is 23.0 Å². The van der Waals surface area contributed by atoms with Crippen molar-refractivity contribution in [2.45, 2.75) is 0 Å². The van der Waals surface area contributed by atoms with Crippen molar-refractivity contribution < 1.29 is 23.4 Å². The lowest BCUT2D eigenvalue weighted by molar-refractivity contribution is 0.0601. The number of hydrogen-bond donors (Lipinski definition) is 4. The maximum Gasteiger partial charge on any atom is 0.340 e. The standard InChI is InChI=1S/C14H15F2N3O2.CH4O/c1-4-5-10(7(2)15)19-13-8(14(20)21-3)6-9(17)12(18)11(13)16;1-2/h4-6,19H,1-2,17-18H2,3H3;2H,1H3/b10-5+;. The number of halogens is 2. The van der Waals surface area contributed by atoms with E-state index in [1.807, 2.05) is 0 Å². The fraction of sp³-hybridized carbons (Fsp3) is 0.133. The van der Waals surface area contributed by atoms with E-state index in [0.717, 1.165) is 20.3 Å². The Morgan fingerprint density at radius 2 is 2.00 bits per heavy atom. The number of nitrogens with two attached hydrogens (primary N) is 2. The van der Waals surface area contributed by atoms with Crippen LogP contribution in [0.1, 0.15) is 10.4 Å². The number of carbonyl (C=O) groups is 1. The number of carbonyl (C=O) groups excluding carboxylic acids is 1. The van der Waals surface area contributed by atoms with Gasteiger partial charge < -0.3 is 26.6 Å². The van der Waals surface area contributed by atoms with Crippen LogP contribution >= 0.6 is 0 Å². The van der Waals surface area contributed by atoms with E-state index in [1.54, 1.807) is 0 Å². The first-order valence-electron chi connectivity index (χ1n) is 6.18. The molecule has 0 saturated heterocycles. The summed E-state index contributed by atoms with van der Waals surface area (Å²) in [6.07, 6.45) is 2.48. The van der Waals surface area contributed by atoms with Gasteiger partial charge in [-0.2, -0.15) is 0 Å². The number of aliphatic hydroxyl groups is 1. The molecule has 0 amide bonds. The van der Waals surface area contributed by atoms with Gasteiger partial charge in [0, 0.05) is 7.11 Å². The predicted octanol–water partition coefficient (Wildman–Crippen LogP) is 2.35. The van der Waals surface area contributed by atoms with E-state index in [-0.39, 0.29) is 28.3 Å². The molecule has 1 aromatic carbocycles. The zero-order valence-corrected chi connectivity index (χ0v) is 12.8. The summed E-state index contributed by atoms with van der Waals surface area (Å²) in [5, 5.41) is 9.40. The van der Waals surface area contributed by atoms with Crippen LogP contribution < -0.4 is 16.8 Å². The molecule has 0 aliphatic carbocycles. The molecule has 1 aromatic rings. The minimum atomic E-state index is -0.994. The number of esters is 1. The summed E-state index contributed by atoms with van der Waals surface area (Å²) in [6.45, 7) is 6.49. The zero-order valence-electron chi connectivity index (χ0n) is 12.8. The summed E-state index contributed by atoms with van der Waals surface area (Å²) in [7, 11) is 2.12. The van der Waals surface area contributed by atoms with Crippen LogP contribution in [0.2, 0.25) is 0 Å². The van der Waals surface area contributed by atoms with Crippen LogP contribution in [-0.4, -0.2) is 25.3 Å². The number of nitrogen functional groups attached to an aromatic ring is 2. The van der Waals surface area contributed by atoms with Gasteiger partial charge in [0.05, 0.1) is 35.4 Å². The number of benzene rings is 1. The zero-order chi connectivity index (χ0) is 18.2. The molecule has 6 nitrogen and oxygen atoms in total. The van der Waals surface area contributed by atoms with E-state index < -0.39 is 17.6 Å². The first-order chi connectivity index (χ1) is 10.8. The lowest BCUT2D eigenvalue weighted by Gasteiger charge is -2.15. The Labute approximate surface area is 132 Å². The Bertz CT molecular complexity index is 643. The molecule has 23 heavy (non-hydrogen) atoms. The van der Waals surface area contributed by atoms with Crippen LogP contribution in [0.5, 0.6) is 0 Å².